The number of hydrogen-bond donors (Lipinski definition) is 1. The number of nitrogens with zero attached hydrogens (tertiary/aromatic N) is 1. The second kappa shape index (κ2) is 6.31. The first kappa shape index (κ1) is 14.9. The Morgan fingerprint density at radius 3 is 2.65 bits per heavy atom. The molecular formula is C15H19NO3S. The maximum Gasteiger partial charge on any atom is 0.326 e. The van der Waals surface area contributed by atoms with Crippen molar-refractivity contribution in [3.05, 3.63) is 35.4 Å². The average Bonchev–Trinajstić information content (AvgIpc) is 2.45. The first-order valence-corrected chi connectivity index (χ1v) is 8.03. The van der Waals surface area contributed by atoms with Crippen molar-refractivity contribution in [3.8, 4) is 0 Å². The molecule has 0 fully saturated rings. The van der Waals surface area contributed by atoms with Gasteiger partial charge < -0.3 is 10.0 Å². The molecule has 4 nitrogen and oxygen atoms in total. The van der Waals surface area contributed by atoms with Crippen LogP contribution in [0.1, 0.15) is 18.1 Å². The van der Waals surface area contributed by atoms with Crippen LogP contribution in [0.3, 0.4) is 0 Å². The zero-order chi connectivity index (χ0) is 14.7. The van der Waals surface area contributed by atoms with Gasteiger partial charge in [-0.05, 0) is 17.4 Å². The molecule has 1 aromatic carbocycles. The second-order valence-electron chi connectivity index (χ2n) is 5.15. The molecule has 108 valence electrons. The zero-order valence-corrected chi connectivity index (χ0v) is 12.5. The Hall–Kier alpha value is -1.49. The highest BCUT2D eigenvalue weighted by atomic mass is 32.2. The fourth-order valence-corrected chi connectivity index (χ4v) is 3.22. The van der Waals surface area contributed by atoms with Gasteiger partial charge in [-0.2, -0.15) is 11.8 Å². The summed E-state index contributed by atoms with van der Waals surface area (Å²) >= 11 is 1.60. The Morgan fingerprint density at radius 2 is 2.05 bits per heavy atom. The number of aliphatic carboxylic acids is 1. The largest absolute Gasteiger partial charge is 0.480 e. The van der Waals surface area contributed by atoms with Gasteiger partial charge in [0, 0.05) is 24.6 Å². The van der Waals surface area contributed by atoms with E-state index in [-0.39, 0.29) is 11.8 Å². The van der Waals surface area contributed by atoms with E-state index in [0.717, 1.165) is 11.1 Å². The van der Waals surface area contributed by atoms with Gasteiger partial charge in [0.1, 0.15) is 6.04 Å². The van der Waals surface area contributed by atoms with Crippen molar-refractivity contribution >= 4 is 23.6 Å². The van der Waals surface area contributed by atoms with Crippen molar-refractivity contribution in [2.75, 3.05) is 12.0 Å². The van der Waals surface area contributed by atoms with Crippen molar-refractivity contribution in [1.29, 1.82) is 0 Å². The van der Waals surface area contributed by atoms with Crippen LogP contribution in [0, 0.1) is 5.92 Å². The molecule has 1 amide bonds. The summed E-state index contributed by atoms with van der Waals surface area (Å²) in [5.41, 5.74) is 2.08. The predicted molar refractivity (Wildman–Crippen MR) is 79.7 cm³/mol. The summed E-state index contributed by atoms with van der Waals surface area (Å²) in [6, 6.07) is 6.99. The van der Waals surface area contributed by atoms with Crippen LogP contribution in [0.2, 0.25) is 0 Å². The molecule has 5 heteroatoms. The number of thioether (sulfide) groups is 1. The normalized spacial score (nSPS) is 19.3. The molecule has 1 aliphatic heterocycles. The SMILES string of the molecule is CSCC(C)C(=O)N1Cc2ccccc2CC1C(=O)O. The Balaban J connectivity index is 2.26. The quantitative estimate of drug-likeness (QED) is 0.923. The van der Waals surface area contributed by atoms with Gasteiger partial charge in [-0.1, -0.05) is 31.2 Å². The third-order valence-corrected chi connectivity index (χ3v) is 4.49. The van der Waals surface area contributed by atoms with Crippen LogP contribution in [-0.2, 0) is 22.6 Å². The zero-order valence-electron chi connectivity index (χ0n) is 11.7. The lowest BCUT2D eigenvalue weighted by molar-refractivity contribution is -0.152. The summed E-state index contributed by atoms with van der Waals surface area (Å²) in [6.45, 7) is 2.25. The van der Waals surface area contributed by atoms with Gasteiger partial charge in [0.2, 0.25) is 5.91 Å². The highest BCUT2D eigenvalue weighted by Crippen LogP contribution is 2.25. The molecule has 2 atom stereocenters. The fraction of sp³-hybridized carbons (Fsp3) is 0.467. The molecule has 0 spiro atoms. The van der Waals surface area contributed by atoms with Crippen LogP contribution < -0.4 is 0 Å². The van der Waals surface area contributed by atoms with E-state index in [1.165, 1.54) is 4.90 Å². The molecule has 1 N–H and O–H groups in total. The summed E-state index contributed by atoms with van der Waals surface area (Å²) in [6.07, 6.45) is 2.34. The molecule has 0 saturated heterocycles. The van der Waals surface area contributed by atoms with E-state index in [1.54, 1.807) is 11.8 Å². The van der Waals surface area contributed by atoms with Gasteiger partial charge in [-0.25, -0.2) is 4.79 Å². The molecule has 1 aromatic rings. The van der Waals surface area contributed by atoms with Gasteiger partial charge in [0.25, 0.3) is 0 Å². The molecule has 2 rings (SSSR count). The van der Waals surface area contributed by atoms with Crippen molar-refractivity contribution in [2.24, 2.45) is 5.92 Å². The summed E-state index contributed by atoms with van der Waals surface area (Å²) in [5, 5.41) is 9.40. The molecule has 0 aliphatic carbocycles. The number of fused-ring (bicyclic) bond motifs is 1. The Kier molecular flexibility index (Phi) is 4.70. The van der Waals surface area contributed by atoms with E-state index in [9.17, 15) is 14.7 Å². The Morgan fingerprint density at radius 1 is 1.40 bits per heavy atom. The molecule has 2 unspecified atom stereocenters. The number of carbonyl (C=O) groups excluding carboxylic acids is 1. The van der Waals surface area contributed by atoms with E-state index < -0.39 is 12.0 Å². The molecule has 0 aromatic heterocycles. The Labute approximate surface area is 123 Å². The van der Waals surface area contributed by atoms with Crippen LogP contribution in [0.5, 0.6) is 0 Å². The van der Waals surface area contributed by atoms with Crippen molar-refractivity contribution in [1.82, 2.24) is 4.90 Å². The van der Waals surface area contributed by atoms with Crippen molar-refractivity contribution < 1.29 is 14.7 Å². The number of carboxylic acid groups (broad SMARTS) is 1. The van der Waals surface area contributed by atoms with E-state index in [4.69, 9.17) is 0 Å². The molecule has 0 saturated carbocycles. The van der Waals surface area contributed by atoms with E-state index >= 15 is 0 Å². The Bertz CT molecular complexity index is 518. The van der Waals surface area contributed by atoms with Gasteiger partial charge in [-0.3, -0.25) is 4.79 Å². The average molecular weight is 293 g/mol. The fourth-order valence-electron chi connectivity index (χ4n) is 2.58. The highest BCUT2D eigenvalue weighted by molar-refractivity contribution is 7.98. The van der Waals surface area contributed by atoms with Crippen LogP contribution in [0.25, 0.3) is 0 Å². The van der Waals surface area contributed by atoms with Gasteiger partial charge in [-0.15, -0.1) is 0 Å². The minimum atomic E-state index is -0.927. The van der Waals surface area contributed by atoms with Gasteiger partial charge >= 0.3 is 5.97 Å². The number of carbonyl (C=O) groups is 2. The lowest BCUT2D eigenvalue weighted by Gasteiger charge is -2.36. The minimum absolute atomic E-state index is 0.0683. The number of benzene rings is 1. The van der Waals surface area contributed by atoms with Crippen LogP contribution in [-0.4, -0.2) is 39.9 Å². The van der Waals surface area contributed by atoms with Crippen LogP contribution >= 0.6 is 11.8 Å². The van der Waals surface area contributed by atoms with Crippen molar-refractivity contribution in [3.63, 3.8) is 0 Å². The van der Waals surface area contributed by atoms with Crippen LogP contribution in [0.15, 0.2) is 24.3 Å². The lowest BCUT2D eigenvalue weighted by atomic mass is 9.93. The third-order valence-electron chi connectivity index (χ3n) is 3.65. The summed E-state index contributed by atoms with van der Waals surface area (Å²) in [5.74, 6) is -0.439. The smallest absolute Gasteiger partial charge is 0.326 e. The number of amides is 1. The summed E-state index contributed by atoms with van der Waals surface area (Å²) < 4.78 is 0. The number of carboxylic acids is 1. The first-order chi connectivity index (χ1) is 9.54. The predicted octanol–water partition coefficient (Wildman–Crippen LogP) is 2.02. The second-order valence-corrected chi connectivity index (χ2v) is 6.06. The van der Waals surface area contributed by atoms with Gasteiger partial charge in [0.15, 0.2) is 0 Å². The summed E-state index contributed by atoms with van der Waals surface area (Å²) in [7, 11) is 0. The first-order valence-electron chi connectivity index (χ1n) is 6.63. The maximum absolute atomic E-state index is 12.5. The molecule has 0 bridgehead atoms. The van der Waals surface area contributed by atoms with E-state index in [2.05, 4.69) is 0 Å². The standard InChI is InChI=1S/C15H19NO3S/c1-10(9-20-2)14(17)16-8-12-6-4-3-5-11(12)7-13(16)15(18)19/h3-6,10,13H,7-9H2,1-2H3,(H,18,19). The maximum atomic E-state index is 12.5. The summed E-state index contributed by atoms with van der Waals surface area (Å²) in [4.78, 5) is 25.4. The minimum Gasteiger partial charge on any atom is -0.480 e. The van der Waals surface area contributed by atoms with Gasteiger partial charge in [0.05, 0.1) is 0 Å². The monoisotopic (exact) mass is 293 g/mol. The molecule has 1 heterocycles. The van der Waals surface area contributed by atoms with E-state index in [1.807, 2.05) is 37.4 Å². The topological polar surface area (TPSA) is 57.6 Å². The molecule has 1 aliphatic rings. The van der Waals surface area contributed by atoms with Crippen molar-refractivity contribution in [2.45, 2.75) is 25.9 Å². The van der Waals surface area contributed by atoms with E-state index in [0.29, 0.717) is 18.7 Å². The highest BCUT2D eigenvalue weighted by Gasteiger charge is 2.35. The van der Waals surface area contributed by atoms with Crippen LogP contribution in [0.4, 0.5) is 0 Å². The molecular weight excluding hydrogens is 274 g/mol. The number of rotatable bonds is 4. The third kappa shape index (κ3) is 2.98. The molecule has 0 radical (unpaired) electrons. The number of hydrogen-bond acceptors (Lipinski definition) is 3. The molecule has 20 heavy (non-hydrogen) atoms. The lowest BCUT2D eigenvalue weighted by Crippen LogP contribution is -2.50.